The minimum Gasteiger partial charge on any atom is -0.465 e. The van der Waals surface area contributed by atoms with Gasteiger partial charge in [0.15, 0.2) is 0 Å². The summed E-state index contributed by atoms with van der Waals surface area (Å²) in [5, 5.41) is 2.62. The van der Waals surface area contributed by atoms with E-state index in [0.29, 0.717) is 11.3 Å². The van der Waals surface area contributed by atoms with Gasteiger partial charge in [0.1, 0.15) is 0 Å². The number of methoxy groups -OCH3 is 1. The Balaban J connectivity index is 2.48. The van der Waals surface area contributed by atoms with Crippen molar-refractivity contribution in [1.29, 1.82) is 0 Å². The number of benzene rings is 1. The molecule has 0 bridgehead atoms. The lowest BCUT2D eigenvalue weighted by molar-refractivity contribution is -0.114. The molecule has 1 aromatic heterocycles. The summed E-state index contributed by atoms with van der Waals surface area (Å²) in [5.41, 5.74) is 2.53. The first-order valence-electron chi connectivity index (χ1n) is 6.02. The Morgan fingerprint density at radius 2 is 1.80 bits per heavy atom. The molecule has 0 unspecified atom stereocenters. The Labute approximate surface area is 116 Å². The maximum absolute atomic E-state index is 11.8. The summed E-state index contributed by atoms with van der Waals surface area (Å²) in [6.45, 7) is 1.39. The van der Waals surface area contributed by atoms with Gasteiger partial charge in [-0.15, -0.1) is 0 Å². The van der Waals surface area contributed by atoms with Crippen LogP contribution in [-0.4, -0.2) is 24.0 Å². The zero-order valence-electron chi connectivity index (χ0n) is 11.2. The van der Waals surface area contributed by atoms with Crippen molar-refractivity contribution in [3.63, 3.8) is 0 Å². The van der Waals surface area contributed by atoms with Crippen molar-refractivity contribution < 1.29 is 14.3 Å². The van der Waals surface area contributed by atoms with E-state index in [0.717, 1.165) is 11.1 Å². The summed E-state index contributed by atoms with van der Waals surface area (Å²) in [7, 11) is 1.30. The van der Waals surface area contributed by atoms with E-state index in [2.05, 4.69) is 10.3 Å². The number of nitrogens with zero attached hydrogens (tertiary/aromatic N) is 1. The van der Waals surface area contributed by atoms with Crippen molar-refractivity contribution in [2.45, 2.75) is 6.92 Å². The van der Waals surface area contributed by atoms with Crippen molar-refractivity contribution in [3.8, 4) is 11.1 Å². The van der Waals surface area contributed by atoms with E-state index in [9.17, 15) is 9.59 Å². The third kappa shape index (κ3) is 3.00. The number of nitrogens with one attached hydrogen (secondary N) is 1. The maximum atomic E-state index is 11.8. The second kappa shape index (κ2) is 5.97. The van der Waals surface area contributed by atoms with Crippen LogP contribution in [0.15, 0.2) is 42.7 Å². The number of rotatable bonds is 3. The van der Waals surface area contributed by atoms with E-state index in [4.69, 9.17) is 4.74 Å². The van der Waals surface area contributed by atoms with Crippen molar-refractivity contribution in [1.82, 2.24) is 4.98 Å². The summed E-state index contributed by atoms with van der Waals surface area (Å²) in [6, 6.07) is 8.88. The van der Waals surface area contributed by atoms with E-state index in [-0.39, 0.29) is 5.91 Å². The highest BCUT2D eigenvalue weighted by molar-refractivity contribution is 6.01. The second-order valence-electron chi connectivity index (χ2n) is 4.17. The van der Waals surface area contributed by atoms with Crippen LogP contribution >= 0.6 is 0 Å². The standard InChI is InChI=1S/C15H14N2O3/c1-10(18)17-14-4-3-12(9-13(14)15(19)20-2)11-5-7-16-8-6-11/h3-9H,1-2H3,(H,17,18). The Bertz CT molecular complexity index is 639. The summed E-state index contributed by atoms with van der Waals surface area (Å²) in [6.07, 6.45) is 3.35. The highest BCUT2D eigenvalue weighted by Gasteiger charge is 2.14. The van der Waals surface area contributed by atoms with Gasteiger partial charge < -0.3 is 10.1 Å². The number of aromatic nitrogens is 1. The van der Waals surface area contributed by atoms with E-state index >= 15 is 0 Å². The number of pyridine rings is 1. The first-order valence-corrected chi connectivity index (χ1v) is 6.02. The SMILES string of the molecule is COC(=O)c1cc(-c2ccncc2)ccc1NC(C)=O. The molecule has 1 heterocycles. The molecule has 1 amide bonds. The normalized spacial score (nSPS) is 9.90. The molecule has 1 aromatic carbocycles. The van der Waals surface area contributed by atoms with Crippen LogP contribution in [0.2, 0.25) is 0 Å². The van der Waals surface area contributed by atoms with Gasteiger partial charge in [0, 0.05) is 19.3 Å². The van der Waals surface area contributed by atoms with Crippen LogP contribution in [0.25, 0.3) is 11.1 Å². The Morgan fingerprint density at radius 3 is 2.40 bits per heavy atom. The minimum absolute atomic E-state index is 0.244. The fourth-order valence-corrected chi connectivity index (χ4v) is 1.85. The van der Waals surface area contributed by atoms with Gasteiger partial charge in [-0.1, -0.05) is 6.07 Å². The first-order chi connectivity index (χ1) is 9.61. The Kier molecular flexibility index (Phi) is 4.10. The molecule has 2 rings (SSSR count). The second-order valence-corrected chi connectivity index (χ2v) is 4.17. The number of carbonyl (C=O) groups excluding carboxylic acids is 2. The van der Waals surface area contributed by atoms with Crippen LogP contribution < -0.4 is 5.32 Å². The van der Waals surface area contributed by atoms with Crippen molar-refractivity contribution >= 4 is 17.6 Å². The predicted octanol–water partition coefficient (Wildman–Crippen LogP) is 2.49. The molecule has 1 N–H and O–H groups in total. The van der Waals surface area contributed by atoms with Crippen molar-refractivity contribution in [2.24, 2.45) is 0 Å². The topological polar surface area (TPSA) is 68.3 Å². The average Bonchev–Trinajstić information content (AvgIpc) is 2.47. The number of amides is 1. The number of anilines is 1. The Morgan fingerprint density at radius 1 is 1.10 bits per heavy atom. The molecular weight excluding hydrogens is 256 g/mol. The van der Waals surface area contributed by atoms with Crippen LogP contribution in [0, 0.1) is 0 Å². The highest BCUT2D eigenvalue weighted by atomic mass is 16.5. The van der Waals surface area contributed by atoms with Crippen molar-refractivity contribution in [3.05, 3.63) is 48.3 Å². The molecule has 0 saturated heterocycles. The lowest BCUT2D eigenvalue weighted by atomic mass is 10.0. The fraction of sp³-hybridized carbons (Fsp3) is 0.133. The lowest BCUT2D eigenvalue weighted by Gasteiger charge is -2.10. The monoisotopic (exact) mass is 270 g/mol. The number of hydrogen-bond acceptors (Lipinski definition) is 4. The van der Waals surface area contributed by atoms with Gasteiger partial charge in [0.2, 0.25) is 5.91 Å². The molecule has 0 atom stereocenters. The highest BCUT2D eigenvalue weighted by Crippen LogP contribution is 2.25. The average molecular weight is 270 g/mol. The van der Waals surface area contributed by atoms with Gasteiger partial charge in [-0.3, -0.25) is 9.78 Å². The molecule has 0 radical (unpaired) electrons. The summed E-state index contributed by atoms with van der Waals surface area (Å²) < 4.78 is 4.75. The van der Waals surface area contributed by atoms with Crippen LogP contribution in [0.1, 0.15) is 17.3 Å². The number of hydrogen-bond donors (Lipinski definition) is 1. The molecule has 5 heteroatoms. The summed E-state index contributed by atoms with van der Waals surface area (Å²) in [5.74, 6) is -0.739. The quantitative estimate of drug-likeness (QED) is 0.870. The molecule has 20 heavy (non-hydrogen) atoms. The summed E-state index contributed by atoms with van der Waals surface area (Å²) in [4.78, 5) is 26.9. The van der Waals surface area contributed by atoms with Gasteiger partial charge in [-0.25, -0.2) is 4.79 Å². The molecule has 0 saturated carbocycles. The molecule has 2 aromatic rings. The Hall–Kier alpha value is -2.69. The molecule has 0 spiro atoms. The number of esters is 1. The number of ether oxygens (including phenoxy) is 1. The van der Waals surface area contributed by atoms with E-state index in [1.165, 1.54) is 14.0 Å². The third-order valence-corrected chi connectivity index (χ3v) is 2.75. The molecule has 5 nitrogen and oxygen atoms in total. The molecule has 102 valence electrons. The van der Waals surface area contributed by atoms with Gasteiger partial charge in [0.05, 0.1) is 18.4 Å². The predicted molar refractivity (Wildman–Crippen MR) is 75.3 cm³/mol. The maximum Gasteiger partial charge on any atom is 0.339 e. The van der Waals surface area contributed by atoms with Crippen LogP contribution in [-0.2, 0) is 9.53 Å². The lowest BCUT2D eigenvalue weighted by Crippen LogP contribution is -2.12. The van der Waals surface area contributed by atoms with Crippen LogP contribution in [0.3, 0.4) is 0 Å². The van der Waals surface area contributed by atoms with E-state index in [1.807, 2.05) is 18.2 Å². The van der Waals surface area contributed by atoms with E-state index < -0.39 is 5.97 Å². The van der Waals surface area contributed by atoms with Crippen LogP contribution in [0.4, 0.5) is 5.69 Å². The summed E-state index contributed by atoms with van der Waals surface area (Å²) >= 11 is 0. The van der Waals surface area contributed by atoms with Crippen molar-refractivity contribution in [2.75, 3.05) is 12.4 Å². The molecule has 0 aliphatic heterocycles. The number of carbonyl (C=O) groups is 2. The molecule has 0 aliphatic carbocycles. The van der Waals surface area contributed by atoms with E-state index in [1.54, 1.807) is 24.5 Å². The minimum atomic E-state index is -0.496. The fourth-order valence-electron chi connectivity index (χ4n) is 1.85. The van der Waals surface area contributed by atoms with Crippen LogP contribution in [0.5, 0.6) is 0 Å². The molecule has 0 fully saturated rings. The first kappa shape index (κ1) is 13.7. The third-order valence-electron chi connectivity index (χ3n) is 2.75. The molecular formula is C15H14N2O3. The van der Waals surface area contributed by atoms with Gasteiger partial charge >= 0.3 is 5.97 Å². The largest absolute Gasteiger partial charge is 0.465 e. The smallest absolute Gasteiger partial charge is 0.339 e. The van der Waals surface area contributed by atoms with Gasteiger partial charge in [0.25, 0.3) is 0 Å². The zero-order valence-corrected chi connectivity index (χ0v) is 11.2. The zero-order chi connectivity index (χ0) is 14.5. The molecule has 0 aliphatic rings. The van der Waals surface area contributed by atoms with Gasteiger partial charge in [-0.2, -0.15) is 0 Å². The van der Waals surface area contributed by atoms with Gasteiger partial charge in [-0.05, 0) is 35.4 Å².